The van der Waals surface area contributed by atoms with E-state index in [1.165, 1.54) is 29.7 Å². The van der Waals surface area contributed by atoms with Crippen LogP contribution in [0.5, 0.6) is 0 Å². The van der Waals surface area contributed by atoms with Gasteiger partial charge in [-0.05, 0) is 30.7 Å². The van der Waals surface area contributed by atoms with Crippen LogP contribution in [-0.4, -0.2) is 15.9 Å². The number of hydrogen-bond acceptors (Lipinski definition) is 4. The number of rotatable bonds is 4. The lowest BCUT2D eigenvalue weighted by atomic mass is 10.1. The van der Waals surface area contributed by atoms with Gasteiger partial charge in [-0.2, -0.15) is 0 Å². The maximum atomic E-state index is 13.8. The van der Waals surface area contributed by atoms with E-state index < -0.39 is 0 Å². The normalized spacial score (nSPS) is 10.6. The second-order valence-electron chi connectivity index (χ2n) is 5.12. The van der Waals surface area contributed by atoms with E-state index >= 15 is 0 Å². The summed E-state index contributed by atoms with van der Waals surface area (Å²) < 4.78 is 13.8. The highest BCUT2D eigenvalue weighted by atomic mass is 35.5. The SMILES string of the molecule is Cc1nc(NC(=O)c2ccnc(Cl)c2)sc1Cc1ccccc1F. The third-order valence-electron chi connectivity index (χ3n) is 3.41. The molecule has 3 rings (SSSR count). The van der Waals surface area contributed by atoms with Crippen LogP contribution in [0.25, 0.3) is 0 Å². The fraction of sp³-hybridized carbons (Fsp3) is 0.118. The average molecular weight is 362 g/mol. The largest absolute Gasteiger partial charge is 0.298 e. The van der Waals surface area contributed by atoms with Crippen LogP contribution in [0.4, 0.5) is 9.52 Å². The highest BCUT2D eigenvalue weighted by Crippen LogP contribution is 2.26. The summed E-state index contributed by atoms with van der Waals surface area (Å²) in [6.07, 6.45) is 1.90. The number of carbonyl (C=O) groups is 1. The molecule has 0 atom stereocenters. The standard InChI is InChI=1S/C17H13ClFN3OS/c1-10-14(8-11-4-2-3-5-13(11)19)24-17(21-10)22-16(23)12-6-7-20-15(18)9-12/h2-7,9H,8H2,1H3,(H,21,22,23). The highest BCUT2D eigenvalue weighted by Gasteiger charge is 2.14. The molecule has 4 nitrogen and oxygen atoms in total. The zero-order valence-corrected chi connectivity index (χ0v) is 14.3. The van der Waals surface area contributed by atoms with Crippen molar-refractivity contribution < 1.29 is 9.18 Å². The summed E-state index contributed by atoms with van der Waals surface area (Å²) in [5.74, 6) is -0.562. The Kier molecular flexibility index (Phi) is 4.87. The minimum absolute atomic E-state index is 0.248. The molecule has 1 N–H and O–H groups in total. The topological polar surface area (TPSA) is 54.9 Å². The van der Waals surface area contributed by atoms with Crippen molar-refractivity contribution in [2.75, 3.05) is 5.32 Å². The Bertz CT molecular complexity index is 897. The van der Waals surface area contributed by atoms with Crippen LogP contribution < -0.4 is 5.32 Å². The Morgan fingerprint density at radius 3 is 2.88 bits per heavy atom. The second kappa shape index (κ2) is 7.07. The molecular formula is C17H13ClFN3OS. The van der Waals surface area contributed by atoms with E-state index in [9.17, 15) is 9.18 Å². The van der Waals surface area contributed by atoms with Crippen molar-refractivity contribution in [3.63, 3.8) is 0 Å². The van der Waals surface area contributed by atoms with Gasteiger partial charge < -0.3 is 0 Å². The third kappa shape index (κ3) is 3.77. The quantitative estimate of drug-likeness (QED) is 0.697. The van der Waals surface area contributed by atoms with Gasteiger partial charge in [0.05, 0.1) is 5.69 Å². The predicted octanol–water partition coefficient (Wildman–Crippen LogP) is 4.48. The maximum absolute atomic E-state index is 13.8. The molecule has 0 saturated carbocycles. The summed E-state index contributed by atoms with van der Waals surface area (Å²) in [5, 5.41) is 3.45. The highest BCUT2D eigenvalue weighted by molar-refractivity contribution is 7.15. The molecule has 7 heteroatoms. The Balaban J connectivity index is 1.77. The summed E-state index contributed by atoms with van der Waals surface area (Å²) in [7, 11) is 0. The molecule has 1 amide bonds. The number of carbonyl (C=O) groups excluding carboxylic acids is 1. The van der Waals surface area contributed by atoms with Crippen LogP contribution in [0.2, 0.25) is 5.15 Å². The zero-order valence-electron chi connectivity index (χ0n) is 12.7. The van der Waals surface area contributed by atoms with Gasteiger partial charge >= 0.3 is 0 Å². The number of aryl methyl sites for hydroxylation is 1. The van der Waals surface area contributed by atoms with E-state index in [1.54, 1.807) is 24.3 Å². The molecule has 0 fully saturated rings. The Morgan fingerprint density at radius 1 is 1.33 bits per heavy atom. The predicted molar refractivity (Wildman–Crippen MR) is 93.3 cm³/mol. The molecule has 122 valence electrons. The first-order valence-electron chi connectivity index (χ1n) is 7.15. The number of anilines is 1. The van der Waals surface area contributed by atoms with Gasteiger partial charge in [-0.3, -0.25) is 10.1 Å². The third-order valence-corrected chi connectivity index (χ3v) is 4.69. The van der Waals surface area contributed by atoms with Crippen molar-refractivity contribution in [2.24, 2.45) is 0 Å². The fourth-order valence-corrected chi connectivity index (χ4v) is 3.33. The van der Waals surface area contributed by atoms with Gasteiger partial charge in [0.25, 0.3) is 5.91 Å². The minimum Gasteiger partial charge on any atom is -0.298 e. The first-order chi connectivity index (χ1) is 11.5. The molecule has 0 spiro atoms. The van der Waals surface area contributed by atoms with E-state index in [4.69, 9.17) is 11.6 Å². The number of thiazole rings is 1. The Hall–Kier alpha value is -2.31. The van der Waals surface area contributed by atoms with Crippen LogP contribution in [-0.2, 0) is 6.42 Å². The molecule has 0 bridgehead atoms. The lowest BCUT2D eigenvalue weighted by Gasteiger charge is -2.02. The molecule has 0 radical (unpaired) electrons. The number of pyridine rings is 1. The van der Waals surface area contributed by atoms with Gasteiger partial charge in [-0.25, -0.2) is 14.4 Å². The van der Waals surface area contributed by atoms with Crippen LogP contribution in [0.1, 0.15) is 26.5 Å². The number of nitrogens with one attached hydrogen (secondary N) is 1. The van der Waals surface area contributed by atoms with Gasteiger partial charge in [0.15, 0.2) is 5.13 Å². The molecule has 2 aromatic heterocycles. The number of amides is 1. The van der Waals surface area contributed by atoms with Crippen LogP contribution >= 0.6 is 22.9 Å². The summed E-state index contributed by atoms with van der Waals surface area (Å²) in [4.78, 5) is 21.3. The number of halogens is 2. The molecule has 0 aliphatic rings. The molecule has 2 heterocycles. The lowest BCUT2D eigenvalue weighted by Crippen LogP contribution is -2.11. The van der Waals surface area contributed by atoms with Gasteiger partial charge in [0, 0.05) is 23.1 Å². The summed E-state index contributed by atoms with van der Waals surface area (Å²) >= 11 is 7.12. The van der Waals surface area contributed by atoms with Gasteiger partial charge in [-0.1, -0.05) is 29.8 Å². The van der Waals surface area contributed by atoms with Crippen molar-refractivity contribution in [1.82, 2.24) is 9.97 Å². The molecule has 0 unspecified atom stereocenters. The molecular weight excluding hydrogens is 349 g/mol. The summed E-state index contributed by atoms with van der Waals surface area (Å²) in [6.45, 7) is 1.84. The minimum atomic E-state index is -0.314. The van der Waals surface area contributed by atoms with Crippen molar-refractivity contribution in [2.45, 2.75) is 13.3 Å². The smallest absolute Gasteiger partial charge is 0.257 e. The van der Waals surface area contributed by atoms with E-state index in [0.717, 1.165) is 10.6 Å². The fourth-order valence-electron chi connectivity index (χ4n) is 2.17. The lowest BCUT2D eigenvalue weighted by molar-refractivity contribution is 0.102. The first kappa shape index (κ1) is 16.5. The molecule has 0 aliphatic heterocycles. The number of hydrogen-bond donors (Lipinski definition) is 1. The van der Waals surface area contributed by atoms with Gasteiger partial charge in [0.2, 0.25) is 0 Å². The van der Waals surface area contributed by atoms with E-state index in [0.29, 0.717) is 22.7 Å². The molecule has 0 aliphatic carbocycles. The summed E-state index contributed by atoms with van der Waals surface area (Å²) in [6, 6.07) is 9.68. The maximum Gasteiger partial charge on any atom is 0.257 e. The average Bonchev–Trinajstić information content (AvgIpc) is 2.89. The second-order valence-corrected chi connectivity index (χ2v) is 6.59. The zero-order chi connectivity index (χ0) is 17.1. The van der Waals surface area contributed by atoms with Crippen molar-refractivity contribution in [3.05, 3.63) is 75.3 Å². The van der Waals surface area contributed by atoms with Crippen molar-refractivity contribution in [1.29, 1.82) is 0 Å². The van der Waals surface area contributed by atoms with E-state index in [1.807, 2.05) is 6.92 Å². The summed E-state index contributed by atoms with van der Waals surface area (Å²) in [5.41, 5.74) is 1.77. The Labute approximate surface area is 147 Å². The van der Waals surface area contributed by atoms with Crippen LogP contribution in [0.3, 0.4) is 0 Å². The van der Waals surface area contributed by atoms with E-state index in [2.05, 4.69) is 15.3 Å². The molecule has 1 aromatic carbocycles. The van der Waals surface area contributed by atoms with E-state index in [-0.39, 0.29) is 16.9 Å². The number of aromatic nitrogens is 2. The Morgan fingerprint density at radius 2 is 2.12 bits per heavy atom. The van der Waals surface area contributed by atoms with Crippen molar-refractivity contribution in [3.8, 4) is 0 Å². The van der Waals surface area contributed by atoms with Gasteiger partial charge in [0.1, 0.15) is 11.0 Å². The van der Waals surface area contributed by atoms with Crippen LogP contribution in [0.15, 0.2) is 42.6 Å². The molecule has 0 saturated heterocycles. The molecule has 24 heavy (non-hydrogen) atoms. The number of nitrogens with zero attached hydrogens (tertiary/aromatic N) is 2. The number of benzene rings is 1. The van der Waals surface area contributed by atoms with Crippen LogP contribution in [0, 0.1) is 12.7 Å². The molecule has 3 aromatic rings. The van der Waals surface area contributed by atoms with Crippen molar-refractivity contribution >= 4 is 34.0 Å². The first-order valence-corrected chi connectivity index (χ1v) is 8.35. The monoisotopic (exact) mass is 361 g/mol. The van der Waals surface area contributed by atoms with Gasteiger partial charge in [-0.15, -0.1) is 11.3 Å².